The van der Waals surface area contributed by atoms with Crippen LogP contribution in [0, 0.1) is 18.8 Å². The topological polar surface area (TPSA) is 33.1 Å². The van der Waals surface area contributed by atoms with Crippen molar-refractivity contribution < 1.29 is 0 Å². The largest absolute Gasteiger partial charge is 0.342 e. The van der Waals surface area contributed by atoms with Crippen LogP contribution in [0.5, 0.6) is 0 Å². The molecule has 20 heavy (non-hydrogen) atoms. The maximum absolute atomic E-state index is 4.77. The van der Waals surface area contributed by atoms with E-state index in [0.29, 0.717) is 5.92 Å². The average molecular weight is 278 g/mol. The summed E-state index contributed by atoms with van der Waals surface area (Å²) in [4.78, 5) is 7.24. The van der Waals surface area contributed by atoms with Crippen molar-refractivity contribution in [1.29, 1.82) is 0 Å². The van der Waals surface area contributed by atoms with E-state index >= 15 is 0 Å². The van der Waals surface area contributed by atoms with Crippen LogP contribution in [-0.2, 0) is 6.54 Å². The minimum atomic E-state index is 0.653. The Morgan fingerprint density at radius 3 is 2.70 bits per heavy atom. The third-order valence-corrected chi connectivity index (χ3v) is 4.04. The molecule has 4 nitrogen and oxygen atoms in total. The quantitative estimate of drug-likeness (QED) is 0.868. The van der Waals surface area contributed by atoms with Gasteiger partial charge < -0.3 is 14.8 Å². The Morgan fingerprint density at radius 2 is 2.10 bits per heavy atom. The Morgan fingerprint density at radius 1 is 1.40 bits per heavy atom. The molecule has 1 fully saturated rings. The zero-order valence-electron chi connectivity index (χ0n) is 13.5. The Balaban J connectivity index is 2.09. The van der Waals surface area contributed by atoms with Gasteiger partial charge in [0.15, 0.2) is 0 Å². The summed E-state index contributed by atoms with van der Waals surface area (Å²) in [6.45, 7) is 14.4. The van der Waals surface area contributed by atoms with Crippen LogP contribution in [0.4, 0.5) is 5.95 Å². The van der Waals surface area contributed by atoms with E-state index in [1.165, 1.54) is 25.9 Å². The van der Waals surface area contributed by atoms with Gasteiger partial charge in [-0.3, -0.25) is 0 Å². The summed E-state index contributed by atoms with van der Waals surface area (Å²) in [5, 5.41) is 3.45. The van der Waals surface area contributed by atoms with Crippen molar-refractivity contribution in [2.24, 2.45) is 11.8 Å². The number of nitrogens with zero attached hydrogens (tertiary/aromatic N) is 3. The molecule has 0 aliphatic carbocycles. The van der Waals surface area contributed by atoms with Crippen LogP contribution in [0.15, 0.2) is 6.20 Å². The van der Waals surface area contributed by atoms with Crippen LogP contribution in [0.2, 0.25) is 0 Å². The van der Waals surface area contributed by atoms with Gasteiger partial charge in [0.05, 0.1) is 5.69 Å². The number of imidazole rings is 1. The lowest BCUT2D eigenvalue weighted by molar-refractivity contribution is 0.371. The molecule has 2 heterocycles. The van der Waals surface area contributed by atoms with Gasteiger partial charge in [0.2, 0.25) is 5.95 Å². The first-order valence-electron chi connectivity index (χ1n) is 8.09. The predicted molar refractivity (Wildman–Crippen MR) is 85.3 cm³/mol. The van der Waals surface area contributed by atoms with Crippen molar-refractivity contribution in [2.75, 3.05) is 31.1 Å². The number of piperidine rings is 1. The molecule has 2 rings (SSSR count). The molecule has 4 heteroatoms. The molecule has 1 aliphatic heterocycles. The van der Waals surface area contributed by atoms with Crippen molar-refractivity contribution in [3.63, 3.8) is 0 Å². The smallest absolute Gasteiger partial charge is 0.205 e. The lowest BCUT2D eigenvalue weighted by Crippen LogP contribution is -2.37. The summed E-state index contributed by atoms with van der Waals surface area (Å²) in [5.41, 5.74) is 1.13. The number of aryl methyl sites for hydroxylation is 1. The van der Waals surface area contributed by atoms with E-state index in [9.17, 15) is 0 Å². The minimum absolute atomic E-state index is 0.653. The van der Waals surface area contributed by atoms with Crippen LogP contribution in [0.1, 0.15) is 39.3 Å². The second kappa shape index (κ2) is 7.11. The maximum Gasteiger partial charge on any atom is 0.205 e. The van der Waals surface area contributed by atoms with Gasteiger partial charge in [-0.05, 0) is 51.6 Å². The second-order valence-corrected chi connectivity index (χ2v) is 6.46. The maximum atomic E-state index is 4.77. The van der Waals surface area contributed by atoms with E-state index in [-0.39, 0.29) is 0 Å². The van der Waals surface area contributed by atoms with E-state index in [1.54, 1.807) is 0 Å². The molecule has 0 unspecified atom stereocenters. The third-order valence-electron chi connectivity index (χ3n) is 4.04. The molecule has 1 aliphatic rings. The fourth-order valence-electron chi connectivity index (χ4n) is 3.04. The van der Waals surface area contributed by atoms with Crippen LogP contribution in [0.3, 0.4) is 0 Å². The van der Waals surface area contributed by atoms with E-state index < -0.39 is 0 Å². The van der Waals surface area contributed by atoms with Gasteiger partial charge in [0.25, 0.3) is 0 Å². The molecule has 0 amide bonds. The number of anilines is 1. The van der Waals surface area contributed by atoms with Crippen molar-refractivity contribution in [2.45, 2.75) is 47.1 Å². The lowest BCUT2D eigenvalue weighted by atomic mass is 9.98. The number of hydrogen-bond acceptors (Lipinski definition) is 3. The zero-order chi connectivity index (χ0) is 14.5. The molecule has 0 radical (unpaired) electrons. The summed E-state index contributed by atoms with van der Waals surface area (Å²) in [6.07, 6.45) is 4.78. The summed E-state index contributed by atoms with van der Waals surface area (Å²) < 4.78 is 2.34. The lowest BCUT2D eigenvalue weighted by Gasteiger charge is -2.30. The number of hydrogen-bond donors (Lipinski definition) is 1. The Labute approximate surface area is 123 Å². The molecule has 1 saturated heterocycles. The number of nitrogens with one attached hydrogen (secondary N) is 1. The van der Waals surface area contributed by atoms with Gasteiger partial charge in [-0.2, -0.15) is 0 Å². The Bertz CT molecular complexity index is 405. The SMILES string of the molecule is CCN(CC1CCNCC1)c1nc(C)cn1CC(C)C. The minimum Gasteiger partial charge on any atom is -0.342 e. The highest BCUT2D eigenvalue weighted by Crippen LogP contribution is 2.20. The van der Waals surface area contributed by atoms with E-state index in [1.807, 2.05) is 0 Å². The molecule has 1 aromatic rings. The molecule has 114 valence electrons. The summed E-state index contributed by atoms with van der Waals surface area (Å²) in [7, 11) is 0. The van der Waals surface area contributed by atoms with Gasteiger partial charge in [-0.1, -0.05) is 13.8 Å². The standard InChI is InChI=1S/C16H30N4/c1-5-19(12-15-6-8-17-9-7-15)16-18-14(4)11-20(16)10-13(2)3/h11,13,15,17H,5-10,12H2,1-4H3. The van der Waals surface area contributed by atoms with Crippen molar-refractivity contribution in [3.05, 3.63) is 11.9 Å². The third kappa shape index (κ3) is 3.98. The van der Waals surface area contributed by atoms with Crippen molar-refractivity contribution >= 4 is 5.95 Å². The first-order valence-corrected chi connectivity index (χ1v) is 8.09. The first kappa shape index (κ1) is 15.4. The van der Waals surface area contributed by atoms with E-state index in [0.717, 1.165) is 37.2 Å². The van der Waals surface area contributed by atoms with E-state index in [4.69, 9.17) is 4.98 Å². The monoisotopic (exact) mass is 278 g/mol. The van der Waals surface area contributed by atoms with Gasteiger partial charge in [0.1, 0.15) is 0 Å². The van der Waals surface area contributed by atoms with Crippen molar-refractivity contribution in [1.82, 2.24) is 14.9 Å². The van der Waals surface area contributed by atoms with E-state index in [2.05, 4.69) is 48.7 Å². The van der Waals surface area contributed by atoms with Crippen LogP contribution in [-0.4, -0.2) is 35.7 Å². The summed E-state index contributed by atoms with van der Waals surface area (Å²) in [6, 6.07) is 0. The van der Waals surface area contributed by atoms with Gasteiger partial charge in [0, 0.05) is 25.8 Å². The molecule has 0 bridgehead atoms. The predicted octanol–water partition coefficient (Wildman–Crippen LogP) is 2.67. The van der Waals surface area contributed by atoms with Gasteiger partial charge in [-0.15, -0.1) is 0 Å². The molecule has 1 N–H and O–H groups in total. The van der Waals surface area contributed by atoms with Crippen molar-refractivity contribution in [3.8, 4) is 0 Å². The number of aromatic nitrogens is 2. The highest BCUT2D eigenvalue weighted by atomic mass is 15.3. The normalized spacial score (nSPS) is 16.9. The van der Waals surface area contributed by atoms with Crippen LogP contribution >= 0.6 is 0 Å². The summed E-state index contributed by atoms with van der Waals surface area (Å²) >= 11 is 0. The molecular weight excluding hydrogens is 248 g/mol. The molecule has 0 spiro atoms. The highest BCUT2D eigenvalue weighted by molar-refractivity contribution is 5.33. The zero-order valence-corrected chi connectivity index (χ0v) is 13.5. The molecule has 1 aromatic heterocycles. The Kier molecular flexibility index (Phi) is 5.46. The number of rotatable bonds is 6. The fourth-order valence-corrected chi connectivity index (χ4v) is 3.04. The van der Waals surface area contributed by atoms with Crippen LogP contribution < -0.4 is 10.2 Å². The summed E-state index contributed by atoms with van der Waals surface area (Å²) in [5.74, 6) is 2.62. The van der Waals surface area contributed by atoms with Gasteiger partial charge in [-0.25, -0.2) is 4.98 Å². The fraction of sp³-hybridized carbons (Fsp3) is 0.812. The molecule has 0 aromatic carbocycles. The first-order chi connectivity index (χ1) is 9.60. The Hall–Kier alpha value is -1.03. The average Bonchev–Trinajstić information content (AvgIpc) is 2.77. The van der Waals surface area contributed by atoms with Gasteiger partial charge >= 0.3 is 0 Å². The molecule has 0 saturated carbocycles. The second-order valence-electron chi connectivity index (χ2n) is 6.46. The van der Waals surface area contributed by atoms with Crippen LogP contribution in [0.25, 0.3) is 0 Å². The molecule has 0 atom stereocenters. The highest BCUT2D eigenvalue weighted by Gasteiger charge is 2.20. The molecular formula is C16H30N4.